The maximum absolute atomic E-state index is 13.4. The summed E-state index contributed by atoms with van der Waals surface area (Å²) in [5.41, 5.74) is 1.53. The second kappa shape index (κ2) is 8.73. The normalized spacial score (nSPS) is 14.7. The van der Waals surface area contributed by atoms with Crippen molar-refractivity contribution in [1.29, 1.82) is 0 Å². The summed E-state index contributed by atoms with van der Waals surface area (Å²) < 4.78 is 13.4. The molecule has 1 fully saturated rings. The molecule has 0 atom stereocenters. The Hall–Kier alpha value is -2.80. The number of carbonyl (C=O) groups excluding carboxylic acids is 1. The minimum Gasteiger partial charge on any atom is -0.348 e. The quantitative estimate of drug-likeness (QED) is 0.621. The first-order chi connectivity index (χ1) is 13.0. The third-order valence-corrected chi connectivity index (χ3v) is 4.81. The topological polar surface area (TPSA) is 75.5 Å². The van der Waals surface area contributed by atoms with Gasteiger partial charge in [0.2, 0.25) is 5.82 Å². The number of nitro groups is 1. The zero-order chi connectivity index (χ0) is 19.2. The van der Waals surface area contributed by atoms with Crippen molar-refractivity contribution in [2.45, 2.75) is 32.4 Å². The molecule has 0 saturated carbocycles. The zero-order valence-electron chi connectivity index (χ0n) is 15.0. The molecule has 142 valence electrons. The van der Waals surface area contributed by atoms with Gasteiger partial charge in [0.25, 0.3) is 5.91 Å². The molecule has 0 aliphatic carbocycles. The van der Waals surface area contributed by atoms with Crippen molar-refractivity contribution < 1.29 is 14.1 Å². The number of nitro benzene ring substituents is 1. The maximum Gasteiger partial charge on any atom is 0.305 e. The monoisotopic (exact) mass is 371 g/mol. The molecule has 1 amide bonds. The zero-order valence-corrected chi connectivity index (χ0v) is 15.0. The van der Waals surface area contributed by atoms with Crippen LogP contribution >= 0.6 is 0 Å². The van der Waals surface area contributed by atoms with Gasteiger partial charge in [-0.1, -0.05) is 30.7 Å². The summed E-state index contributed by atoms with van der Waals surface area (Å²) in [4.78, 5) is 24.8. The van der Waals surface area contributed by atoms with Gasteiger partial charge in [0, 0.05) is 24.7 Å². The van der Waals surface area contributed by atoms with Crippen LogP contribution in [0.4, 0.5) is 10.1 Å². The van der Waals surface area contributed by atoms with Crippen LogP contribution in [0.5, 0.6) is 0 Å². The van der Waals surface area contributed by atoms with Gasteiger partial charge >= 0.3 is 5.69 Å². The van der Waals surface area contributed by atoms with E-state index < -0.39 is 22.3 Å². The summed E-state index contributed by atoms with van der Waals surface area (Å²) in [5, 5.41) is 13.6. The molecular formula is C20H22FN3O3. The number of nitrogens with zero attached hydrogens (tertiary/aromatic N) is 2. The van der Waals surface area contributed by atoms with E-state index in [1.807, 2.05) is 18.2 Å². The molecule has 0 unspecified atom stereocenters. The lowest BCUT2D eigenvalue weighted by molar-refractivity contribution is -0.387. The molecule has 27 heavy (non-hydrogen) atoms. The van der Waals surface area contributed by atoms with E-state index >= 15 is 0 Å². The minimum absolute atomic E-state index is 0.0663. The van der Waals surface area contributed by atoms with Gasteiger partial charge in [0.15, 0.2) is 0 Å². The highest BCUT2D eigenvalue weighted by Crippen LogP contribution is 2.19. The molecule has 3 rings (SSSR count). The van der Waals surface area contributed by atoms with E-state index in [0.717, 1.165) is 42.9 Å². The van der Waals surface area contributed by atoms with Crippen molar-refractivity contribution in [3.05, 3.63) is 75.1 Å². The van der Waals surface area contributed by atoms with E-state index in [-0.39, 0.29) is 5.56 Å². The van der Waals surface area contributed by atoms with E-state index in [1.54, 1.807) is 0 Å². The van der Waals surface area contributed by atoms with Crippen LogP contribution in [0.15, 0.2) is 42.5 Å². The minimum atomic E-state index is -0.955. The molecule has 0 bridgehead atoms. The van der Waals surface area contributed by atoms with Crippen LogP contribution in [-0.2, 0) is 13.1 Å². The van der Waals surface area contributed by atoms with Gasteiger partial charge < -0.3 is 5.32 Å². The Labute approximate surface area is 157 Å². The number of piperidine rings is 1. The average Bonchev–Trinajstić information content (AvgIpc) is 2.68. The van der Waals surface area contributed by atoms with Crippen molar-refractivity contribution in [3.63, 3.8) is 0 Å². The standard InChI is InChI=1S/C20H22FN3O3/c21-18-9-8-15(12-19(18)24(26)27)20(25)22-13-16-6-2-3-7-17(16)14-23-10-4-1-5-11-23/h2-3,6-9,12H,1,4-5,10-11,13-14H2,(H,22,25). The van der Waals surface area contributed by atoms with Gasteiger partial charge in [-0.2, -0.15) is 4.39 Å². The summed E-state index contributed by atoms with van der Waals surface area (Å²) in [7, 11) is 0. The van der Waals surface area contributed by atoms with Gasteiger partial charge in [-0.05, 0) is 49.2 Å². The molecular weight excluding hydrogens is 349 g/mol. The first-order valence-corrected chi connectivity index (χ1v) is 9.06. The van der Waals surface area contributed by atoms with Crippen LogP contribution in [-0.4, -0.2) is 28.8 Å². The number of likely N-dealkylation sites (tertiary alicyclic amines) is 1. The Kier molecular flexibility index (Phi) is 6.13. The summed E-state index contributed by atoms with van der Waals surface area (Å²) in [6.07, 6.45) is 3.70. The molecule has 1 N–H and O–H groups in total. The average molecular weight is 371 g/mol. The fraction of sp³-hybridized carbons (Fsp3) is 0.350. The number of hydrogen-bond acceptors (Lipinski definition) is 4. The van der Waals surface area contributed by atoms with E-state index in [0.29, 0.717) is 6.54 Å². The molecule has 0 spiro atoms. The van der Waals surface area contributed by atoms with Gasteiger partial charge in [0.1, 0.15) is 0 Å². The predicted molar refractivity (Wildman–Crippen MR) is 99.8 cm³/mol. The second-order valence-corrected chi connectivity index (χ2v) is 6.71. The maximum atomic E-state index is 13.4. The molecule has 0 aromatic heterocycles. The summed E-state index contributed by atoms with van der Waals surface area (Å²) >= 11 is 0. The Bertz CT molecular complexity index is 835. The van der Waals surface area contributed by atoms with Gasteiger partial charge in [-0.25, -0.2) is 0 Å². The molecule has 1 saturated heterocycles. The predicted octanol–water partition coefficient (Wildman–Crippen LogP) is 3.65. The van der Waals surface area contributed by atoms with Gasteiger partial charge in [-0.3, -0.25) is 19.8 Å². The lowest BCUT2D eigenvalue weighted by atomic mass is 10.0. The number of amides is 1. The Morgan fingerprint density at radius 1 is 1.11 bits per heavy atom. The van der Waals surface area contributed by atoms with Crippen molar-refractivity contribution >= 4 is 11.6 Å². The highest BCUT2D eigenvalue weighted by atomic mass is 19.1. The van der Waals surface area contributed by atoms with E-state index in [4.69, 9.17) is 0 Å². The summed E-state index contributed by atoms with van der Waals surface area (Å²) in [6, 6.07) is 11.1. The summed E-state index contributed by atoms with van der Waals surface area (Å²) in [6.45, 7) is 3.32. The SMILES string of the molecule is O=C(NCc1ccccc1CN1CCCCC1)c1ccc(F)c([N+](=O)[O-])c1. The number of carbonyl (C=O) groups is 1. The Morgan fingerprint density at radius 2 is 1.81 bits per heavy atom. The largest absolute Gasteiger partial charge is 0.348 e. The van der Waals surface area contributed by atoms with E-state index in [9.17, 15) is 19.3 Å². The van der Waals surface area contributed by atoms with Crippen molar-refractivity contribution in [2.24, 2.45) is 0 Å². The molecule has 1 heterocycles. The number of halogens is 1. The van der Waals surface area contributed by atoms with Gasteiger partial charge in [-0.15, -0.1) is 0 Å². The highest BCUT2D eigenvalue weighted by molar-refractivity contribution is 5.94. The molecule has 2 aromatic carbocycles. The molecule has 1 aliphatic heterocycles. The third-order valence-electron chi connectivity index (χ3n) is 4.81. The van der Waals surface area contributed by atoms with Crippen LogP contribution in [0.3, 0.4) is 0 Å². The smallest absolute Gasteiger partial charge is 0.305 e. The molecule has 1 aliphatic rings. The summed E-state index contributed by atoms with van der Waals surface area (Å²) in [5.74, 6) is -1.42. The first-order valence-electron chi connectivity index (χ1n) is 9.06. The molecule has 0 radical (unpaired) electrons. The lowest BCUT2D eigenvalue weighted by Crippen LogP contribution is -2.30. The van der Waals surface area contributed by atoms with Crippen molar-refractivity contribution in [3.8, 4) is 0 Å². The van der Waals surface area contributed by atoms with Crippen molar-refractivity contribution in [1.82, 2.24) is 10.2 Å². The van der Waals surface area contributed by atoms with Crippen LogP contribution in [0.2, 0.25) is 0 Å². The van der Waals surface area contributed by atoms with Crippen molar-refractivity contribution in [2.75, 3.05) is 13.1 Å². The fourth-order valence-electron chi connectivity index (χ4n) is 3.31. The highest BCUT2D eigenvalue weighted by Gasteiger charge is 2.18. The number of nitrogens with one attached hydrogen (secondary N) is 1. The third kappa shape index (κ3) is 4.89. The van der Waals surface area contributed by atoms with Crippen LogP contribution in [0.1, 0.15) is 40.7 Å². The van der Waals surface area contributed by atoms with E-state index in [2.05, 4.69) is 16.3 Å². The van der Waals surface area contributed by atoms with Crippen LogP contribution < -0.4 is 5.32 Å². The Balaban J connectivity index is 1.67. The number of benzene rings is 2. The van der Waals surface area contributed by atoms with Crippen LogP contribution in [0.25, 0.3) is 0 Å². The molecule has 2 aromatic rings. The fourth-order valence-corrected chi connectivity index (χ4v) is 3.31. The van der Waals surface area contributed by atoms with E-state index in [1.165, 1.54) is 25.3 Å². The number of rotatable bonds is 6. The Morgan fingerprint density at radius 3 is 2.52 bits per heavy atom. The number of hydrogen-bond donors (Lipinski definition) is 1. The molecule has 6 nitrogen and oxygen atoms in total. The second-order valence-electron chi connectivity index (χ2n) is 6.71. The first kappa shape index (κ1) is 19.0. The van der Waals surface area contributed by atoms with Crippen LogP contribution in [0, 0.1) is 15.9 Å². The molecule has 7 heteroatoms. The van der Waals surface area contributed by atoms with Gasteiger partial charge in [0.05, 0.1) is 4.92 Å². The lowest BCUT2D eigenvalue weighted by Gasteiger charge is -2.27.